The molecule has 0 saturated carbocycles. The summed E-state index contributed by atoms with van der Waals surface area (Å²) < 4.78 is 5.26. The fourth-order valence-corrected chi connectivity index (χ4v) is 2.32. The van der Waals surface area contributed by atoms with Crippen LogP contribution in [0.3, 0.4) is 0 Å². The van der Waals surface area contributed by atoms with E-state index in [2.05, 4.69) is 20.6 Å². The van der Waals surface area contributed by atoms with Crippen molar-refractivity contribution in [2.24, 2.45) is 0 Å². The van der Waals surface area contributed by atoms with Crippen LogP contribution >= 0.6 is 0 Å². The number of hydrogen-bond donors (Lipinski definition) is 2. The third kappa shape index (κ3) is 4.67. The van der Waals surface area contributed by atoms with Gasteiger partial charge in [-0.3, -0.25) is 4.79 Å². The van der Waals surface area contributed by atoms with Gasteiger partial charge in [0, 0.05) is 12.2 Å². The maximum atomic E-state index is 12.4. The molecule has 2 N–H and O–H groups in total. The van der Waals surface area contributed by atoms with Gasteiger partial charge in [-0.2, -0.15) is 0 Å². The van der Waals surface area contributed by atoms with Crippen molar-refractivity contribution >= 4 is 11.9 Å². The highest BCUT2D eigenvalue weighted by atomic mass is 16.3. The van der Waals surface area contributed by atoms with Crippen LogP contribution in [-0.2, 0) is 13.1 Å². The summed E-state index contributed by atoms with van der Waals surface area (Å²) in [5, 5.41) is 5.95. The molecule has 0 atom stereocenters. The monoisotopic (exact) mass is 336 g/mol. The average molecular weight is 336 g/mol. The number of nitrogens with zero attached hydrogens (tertiary/aromatic N) is 2. The van der Waals surface area contributed by atoms with E-state index in [-0.39, 0.29) is 5.91 Å². The zero-order valence-electron chi connectivity index (χ0n) is 14.2. The molecule has 3 aromatic rings. The number of benzene rings is 1. The molecule has 0 fully saturated rings. The number of anilines is 1. The summed E-state index contributed by atoms with van der Waals surface area (Å²) in [6.45, 7) is 4.78. The second-order valence-electron chi connectivity index (χ2n) is 5.82. The molecule has 0 saturated heterocycles. The second-order valence-corrected chi connectivity index (χ2v) is 5.82. The third-order valence-electron chi connectivity index (χ3n) is 3.66. The normalized spacial score (nSPS) is 10.5. The quantitative estimate of drug-likeness (QED) is 0.722. The number of rotatable bonds is 6. The fourth-order valence-electron chi connectivity index (χ4n) is 2.32. The molecule has 0 aliphatic heterocycles. The van der Waals surface area contributed by atoms with Crippen LogP contribution in [0.15, 0.2) is 53.1 Å². The molecule has 25 heavy (non-hydrogen) atoms. The lowest BCUT2D eigenvalue weighted by Crippen LogP contribution is -2.24. The van der Waals surface area contributed by atoms with Crippen LogP contribution in [0.4, 0.5) is 5.95 Å². The Bertz CT molecular complexity index is 842. The Labute approximate surface area is 146 Å². The highest BCUT2D eigenvalue weighted by Gasteiger charge is 2.10. The van der Waals surface area contributed by atoms with Crippen molar-refractivity contribution in [2.45, 2.75) is 26.9 Å². The number of furan rings is 1. The van der Waals surface area contributed by atoms with E-state index in [1.165, 1.54) is 5.56 Å². The van der Waals surface area contributed by atoms with Gasteiger partial charge in [-0.05, 0) is 37.6 Å². The largest absolute Gasteiger partial charge is 0.467 e. The first-order valence-electron chi connectivity index (χ1n) is 8.06. The topological polar surface area (TPSA) is 80.0 Å². The summed E-state index contributed by atoms with van der Waals surface area (Å²) in [4.78, 5) is 21.0. The molecule has 0 aliphatic carbocycles. The van der Waals surface area contributed by atoms with Crippen molar-refractivity contribution in [3.05, 3.63) is 77.0 Å². The summed E-state index contributed by atoms with van der Waals surface area (Å²) in [7, 11) is 0. The molecule has 6 heteroatoms. The van der Waals surface area contributed by atoms with Crippen molar-refractivity contribution < 1.29 is 9.21 Å². The molecule has 2 heterocycles. The molecular weight excluding hydrogens is 316 g/mol. The third-order valence-corrected chi connectivity index (χ3v) is 3.66. The van der Waals surface area contributed by atoms with Crippen LogP contribution < -0.4 is 10.6 Å². The van der Waals surface area contributed by atoms with Crippen molar-refractivity contribution in [1.29, 1.82) is 0 Å². The zero-order valence-corrected chi connectivity index (χ0v) is 14.2. The van der Waals surface area contributed by atoms with Gasteiger partial charge in [0.25, 0.3) is 5.91 Å². The van der Waals surface area contributed by atoms with Crippen molar-refractivity contribution in [3.8, 4) is 0 Å². The Hall–Kier alpha value is -3.15. The van der Waals surface area contributed by atoms with Gasteiger partial charge in [0.15, 0.2) is 0 Å². The first kappa shape index (κ1) is 16.7. The molecule has 6 nitrogen and oxygen atoms in total. The lowest BCUT2D eigenvalue weighted by molar-refractivity contribution is 0.0945. The number of carbonyl (C=O) groups is 1. The van der Waals surface area contributed by atoms with Crippen LogP contribution in [0.2, 0.25) is 0 Å². The molecule has 0 aliphatic rings. The second kappa shape index (κ2) is 7.61. The predicted octanol–water partition coefficient (Wildman–Crippen LogP) is 3.23. The van der Waals surface area contributed by atoms with E-state index in [1.807, 2.05) is 50.2 Å². The Kier molecular flexibility index (Phi) is 5.09. The van der Waals surface area contributed by atoms with E-state index in [4.69, 9.17) is 4.42 Å². The minimum absolute atomic E-state index is 0.230. The van der Waals surface area contributed by atoms with Crippen LogP contribution in [-0.4, -0.2) is 15.9 Å². The minimum Gasteiger partial charge on any atom is -0.467 e. The van der Waals surface area contributed by atoms with Crippen LogP contribution in [0.5, 0.6) is 0 Å². The van der Waals surface area contributed by atoms with E-state index in [1.54, 1.807) is 12.3 Å². The summed E-state index contributed by atoms with van der Waals surface area (Å²) in [5.74, 6) is 0.944. The van der Waals surface area contributed by atoms with E-state index in [0.717, 1.165) is 17.0 Å². The average Bonchev–Trinajstić information content (AvgIpc) is 3.12. The summed E-state index contributed by atoms with van der Waals surface area (Å²) >= 11 is 0. The number of aromatic nitrogens is 2. The van der Waals surface area contributed by atoms with Gasteiger partial charge < -0.3 is 15.1 Å². The molecule has 0 bridgehead atoms. The molecule has 2 aromatic heterocycles. The van der Waals surface area contributed by atoms with Gasteiger partial charge in [-0.25, -0.2) is 9.97 Å². The van der Waals surface area contributed by atoms with Crippen LogP contribution in [0.1, 0.15) is 33.1 Å². The Morgan fingerprint density at radius 1 is 1.08 bits per heavy atom. The summed E-state index contributed by atoms with van der Waals surface area (Å²) in [6.07, 6.45) is 1.61. The highest BCUT2D eigenvalue weighted by molar-refractivity contribution is 5.92. The maximum Gasteiger partial charge on any atom is 0.270 e. The molecule has 1 aromatic carbocycles. The van der Waals surface area contributed by atoms with Gasteiger partial charge in [0.2, 0.25) is 5.95 Å². The highest BCUT2D eigenvalue weighted by Crippen LogP contribution is 2.09. The molecule has 1 amide bonds. The number of aryl methyl sites for hydroxylation is 2. The Balaban J connectivity index is 1.64. The van der Waals surface area contributed by atoms with Crippen molar-refractivity contribution in [2.75, 3.05) is 5.32 Å². The van der Waals surface area contributed by atoms with Gasteiger partial charge in [-0.1, -0.05) is 29.8 Å². The summed E-state index contributed by atoms with van der Waals surface area (Å²) in [5.41, 5.74) is 3.29. The van der Waals surface area contributed by atoms with Gasteiger partial charge >= 0.3 is 0 Å². The molecule has 0 spiro atoms. The molecule has 0 unspecified atom stereocenters. The zero-order chi connectivity index (χ0) is 17.6. The van der Waals surface area contributed by atoms with Gasteiger partial charge in [-0.15, -0.1) is 0 Å². The Morgan fingerprint density at radius 2 is 1.88 bits per heavy atom. The van der Waals surface area contributed by atoms with Crippen LogP contribution in [0.25, 0.3) is 0 Å². The SMILES string of the molecule is Cc1ccc(CNC(=O)c2cc(C)nc(NCc3ccco3)n2)cc1. The van der Waals surface area contributed by atoms with E-state index >= 15 is 0 Å². The van der Waals surface area contributed by atoms with Crippen molar-refractivity contribution in [1.82, 2.24) is 15.3 Å². The first-order chi connectivity index (χ1) is 12.1. The van der Waals surface area contributed by atoms with Crippen LogP contribution in [0, 0.1) is 13.8 Å². The molecule has 128 valence electrons. The number of hydrogen-bond acceptors (Lipinski definition) is 5. The Morgan fingerprint density at radius 3 is 2.60 bits per heavy atom. The predicted molar refractivity (Wildman–Crippen MR) is 95.2 cm³/mol. The lowest BCUT2D eigenvalue weighted by atomic mass is 10.1. The van der Waals surface area contributed by atoms with E-state index in [9.17, 15) is 4.79 Å². The van der Waals surface area contributed by atoms with Gasteiger partial charge in [0.05, 0.1) is 12.8 Å². The van der Waals surface area contributed by atoms with Gasteiger partial charge in [0.1, 0.15) is 11.5 Å². The first-order valence-corrected chi connectivity index (χ1v) is 8.06. The van der Waals surface area contributed by atoms with E-state index in [0.29, 0.717) is 24.7 Å². The molecule has 0 radical (unpaired) electrons. The smallest absolute Gasteiger partial charge is 0.270 e. The summed E-state index contributed by atoms with van der Waals surface area (Å²) in [6, 6.07) is 13.4. The molecular formula is C19H20N4O2. The molecule has 3 rings (SSSR count). The van der Waals surface area contributed by atoms with Crippen molar-refractivity contribution in [3.63, 3.8) is 0 Å². The number of amides is 1. The standard InChI is InChI=1S/C19H20N4O2/c1-13-5-7-15(8-6-13)11-20-18(24)17-10-14(2)22-19(23-17)21-12-16-4-3-9-25-16/h3-10H,11-12H2,1-2H3,(H,20,24)(H,21,22,23). The number of carbonyl (C=O) groups excluding carboxylic acids is 1. The maximum absolute atomic E-state index is 12.4. The lowest BCUT2D eigenvalue weighted by Gasteiger charge is -2.08. The minimum atomic E-state index is -0.230. The number of nitrogens with one attached hydrogen (secondary N) is 2. The fraction of sp³-hybridized carbons (Fsp3) is 0.211. The van der Waals surface area contributed by atoms with E-state index < -0.39 is 0 Å².